The van der Waals surface area contributed by atoms with Crippen molar-refractivity contribution in [2.75, 3.05) is 13.1 Å². The fraction of sp³-hybridized carbons (Fsp3) is 0.786. The lowest BCUT2D eigenvalue weighted by Gasteiger charge is -2.35. The summed E-state index contributed by atoms with van der Waals surface area (Å²) in [6.45, 7) is 5.14. The van der Waals surface area contributed by atoms with Crippen molar-refractivity contribution in [2.24, 2.45) is 11.8 Å². The number of carbonyl (C=O) groups is 3. The number of nitrogens with zero attached hydrogens (tertiary/aromatic N) is 1. The van der Waals surface area contributed by atoms with Crippen LogP contribution in [-0.4, -0.2) is 52.7 Å². The van der Waals surface area contributed by atoms with Crippen molar-refractivity contribution in [1.29, 1.82) is 0 Å². The van der Waals surface area contributed by atoms with Crippen molar-refractivity contribution >= 4 is 17.8 Å². The summed E-state index contributed by atoms with van der Waals surface area (Å²) in [7, 11) is 0. The van der Waals surface area contributed by atoms with E-state index >= 15 is 0 Å². The Hall–Kier alpha value is -1.80. The lowest BCUT2D eigenvalue weighted by molar-refractivity contribution is -0.182. The first-order valence-corrected chi connectivity index (χ1v) is 7.14. The molecule has 132 valence electrons. The van der Waals surface area contributed by atoms with Gasteiger partial charge in [-0.3, -0.25) is 9.59 Å². The highest BCUT2D eigenvalue weighted by atomic mass is 19.4. The van der Waals surface area contributed by atoms with Crippen molar-refractivity contribution in [2.45, 2.75) is 45.4 Å². The summed E-state index contributed by atoms with van der Waals surface area (Å²) < 4.78 is 42.7. The lowest BCUT2D eigenvalue weighted by Crippen LogP contribution is -2.47. The number of hydrogen-bond donors (Lipinski definition) is 1. The molecule has 1 fully saturated rings. The average molecular weight is 339 g/mol. The predicted molar refractivity (Wildman–Crippen MR) is 72.7 cm³/mol. The van der Waals surface area contributed by atoms with Crippen molar-refractivity contribution < 1.29 is 37.4 Å². The summed E-state index contributed by atoms with van der Waals surface area (Å²) in [5, 5.41) is 8.96. The molecule has 0 aliphatic carbocycles. The maximum atomic E-state index is 12.5. The van der Waals surface area contributed by atoms with Gasteiger partial charge in [0.25, 0.3) is 5.78 Å². The normalized spacial score (nSPS) is 18.4. The van der Waals surface area contributed by atoms with Crippen LogP contribution in [0.15, 0.2) is 0 Å². The number of carboxylic acids is 1. The SMILES string of the molecule is CC(C)(C)OC(=O)N1CCC(C(C(=O)O)C(=O)C(F)(F)F)CC1. The summed E-state index contributed by atoms with van der Waals surface area (Å²) in [5.74, 6) is -7.13. The Balaban J connectivity index is 2.71. The number of carbonyl (C=O) groups excluding carboxylic acids is 2. The Morgan fingerprint density at radius 1 is 1.13 bits per heavy atom. The molecule has 1 aliphatic rings. The molecule has 0 radical (unpaired) electrons. The fourth-order valence-electron chi connectivity index (χ4n) is 2.45. The molecule has 1 rings (SSSR count). The molecular weight excluding hydrogens is 319 g/mol. The largest absolute Gasteiger partial charge is 0.481 e. The van der Waals surface area contributed by atoms with E-state index in [1.807, 2.05) is 0 Å². The maximum Gasteiger partial charge on any atom is 0.450 e. The molecule has 0 aromatic rings. The van der Waals surface area contributed by atoms with Crippen LogP contribution in [0.1, 0.15) is 33.6 Å². The zero-order chi connectivity index (χ0) is 18.0. The van der Waals surface area contributed by atoms with Gasteiger partial charge in [-0.1, -0.05) is 0 Å². The van der Waals surface area contributed by atoms with E-state index in [0.29, 0.717) is 0 Å². The van der Waals surface area contributed by atoms with Gasteiger partial charge < -0.3 is 14.7 Å². The zero-order valence-electron chi connectivity index (χ0n) is 13.1. The van der Waals surface area contributed by atoms with Crippen LogP contribution in [0.25, 0.3) is 0 Å². The topological polar surface area (TPSA) is 83.9 Å². The molecule has 0 aromatic heterocycles. The molecule has 9 heteroatoms. The Bertz CT molecular complexity index is 476. The molecule has 0 bridgehead atoms. The maximum absolute atomic E-state index is 12.5. The van der Waals surface area contributed by atoms with Crippen LogP contribution in [0.4, 0.5) is 18.0 Å². The van der Waals surface area contributed by atoms with Gasteiger partial charge in [-0.25, -0.2) is 4.79 Å². The van der Waals surface area contributed by atoms with E-state index in [2.05, 4.69) is 0 Å². The van der Waals surface area contributed by atoms with E-state index in [1.165, 1.54) is 4.90 Å². The first-order chi connectivity index (χ1) is 10.3. The molecule has 1 unspecified atom stereocenters. The van der Waals surface area contributed by atoms with E-state index in [0.717, 1.165) is 0 Å². The molecule has 1 heterocycles. The van der Waals surface area contributed by atoms with Crippen LogP contribution < -0.4 is 0 Å². The van der Waals surface area contributed by atoms with Crippen LogP contribution in [-0.2, 0) is 14.3 Å². The summed E-state index contributed by atoms with van der Waals surface area (Å²) >= 11 is 0. The number of carboxylic acid groups (broad SMARTS) is 1. The Kier molecular flexibility index (Phi) is 5.65. The van der Waals surface area contributed by atoms with Gasteiger partial charge in [-0.05, 0) is 39.5 Å². The van der Waals surface area contributed by atoms with Gasteiger partial charge >= 0.3 is 18.2 Å². The third-order valence-corrected chi connectivity index (χ3v) is 3.49. The smallest absolute Gasteiger partial charge is 0.450 e. The second kappa shape index (κ2) is 6.76. The van der Waals surface area contributed by atoms with Gasteiger partial charge in [0.1, 0.15) is 11.5 Å². The van der Waals surface area contributed by atoms with Gasteiger partial charge in [0.05, 0.1) is 0 Å². The van der Waals surface area contributed by atoms with E-state index in [9.17, 15) is 27.6 Å². The molecule has 1 aliphatic heterocycles. The van der Waals surface area contributed by atoms with Crippen LogP contribution in [0.2, 0.25) is 0 Å². The first-order valence-electron chi connectivity index (χ1n) is 7.14. The minimum absolute atomic E-state index is 0.00195. The average Bonchev–Trinajstić information content (AvgIpc) is 2.36. The number of Topliss-reactive ketones (excluding diaryl/α,β-unsaturated/α-hetero) is 1. The summed E-state index contributed by atoms with van der Waals surface area (Å²) in [6, 6.07) is 0. The van der Waals surface area contributed by atoms with Gasteiger partial charge in [0.2, 0.25) is 0 Å². The van der Waals surface area contributed by atoms with Crippen LogP contribution >= 0.6 is 0 Å². The second-order valence-corrected chi connectivity index (χ2v) is 6.48. The monoisotopic (exact) mass is 339 g/mol. The van der Waals surface area contributed by atoms with E-state index in [4.69, 9.17) is 9.84 Å². The Morgan fingerprint density at radius 3 is 1.96 bits per heavy atom. The van der Waals surface area contributed by atoms with E-state index in [1.54, 1.807) is 20.8 Å². The number of alkyl halides is 3. The third kappa shape index (κ3) is 5.40. The molecule has 1 N–H and O–H groups in total. The van der Waals surface area contributed by atoms with E-state index in [-0.39, 0.29) is 25.9 Å². The zero-order valence-corrected chi connectivity index (χ0v) is 13.1. The molecule has 1 amide bonds. The van der Waals surface area contributed by atoms with Gasteiger partial charge in [-0.2, -0.15) is 13.2 Å². The number of amides is 1. The van der Waals surface area contributed by atoms with E-state index < -0.39 is 41.5 Å². The molecule has 0 saturated carbocycles. The predicted octanol–water partition coefficient (Wildman–Crippen LogP) is 2.47. The van der Waals surface area contributed by atoms with Crippen LogP contribution in [0, 0.1) is 11.8 Å². The number of aliphatic carboxylic acids is 1. The highest BCUT2D eigenvalue weighted by Crippen LogP contribution is 2.32. The number of piperidine rings is 1. The number of rotatable bonds is 3. The summed E-state index contributed by atoms with van der Waals surface area (Å²) in [4.78, 5) is 35.5. The van der Waals surface area contributed by atoms with Crippen molar-refractivity contribution in [3.63, 3.8) is 0 Å². The van der Waals surface area contributed by atoms with Crippen molar-refractivity contribution in [3.05, 3.63) is 0 Å². The number of halogens is 3. The Labute approximate surface area is 131 Å². The molecule has 0 aromatic carbocycles. The minimum Gasteiger partial charge on any atom is -0.481 e. The number of likely N-dealkylation sites (tertiary alicyclic amines) is 1. The molecule has 1 atom stereocenters. The molecule has 1 saturated heterocycles. The van der Waals surface area contributed by atoms with Crippen LogP contribution in [0.3, 0.4) is 0 Å². The molecular formula is C14H20F3NO5. The second-order valence-electron chi connectivity index (χ2n) is 6.48. The number of hydrogen-bond acceptors (Lipinski definition) is 4. The lowest BCUT2D eigenvalue weighted by atomic mass is 9.81. The highest BCUT2D eigenvalue weighted by Gasteiger charge is 2.50. The van der Waals surface area contributed by atoms with Crippen molar-refractivity contribution in [3.8, 4) is 0 Å². The molecule has 6 nitrogen and oxygen atoms in total. The fourth-order valence-corrected chi connectivity index (χ4v) is 2.45. The van der Waals surface area contributed by atoms with Gasteiger partial charge in [-0.15, -0.1) is 0 Å². The van der Waals surface area contributed by atoms with Crippen molar-refractivity contribution in [1.82, 2.24) is 4.90 Å². The Morgan fingerprint density at radius 2 is 1.61 bits per heavy atom. The highest BCUT2D eigenvalue weighted by molar-refractivity contribution is 6.01. The standard InChI is InChI=1S/C14H20F3NO5/c1-13(2,3)23-12(22)18-6-4-8(5-7-18)9(11(20)21)10(19)14(15,16)17/h8-9H,4-7H2,1-3H3,(H,20,21). The summed E-state index contributed by atoms with van der Waals surface area (Å²) in [5.41, 5.74) is -0.705. The minimum atomic E-state index is -5.19. The number of ketones is 1. The number of ether oxygens (including phenoxy) is 1. The van der Waals surface area contributed by atoms with Gasteiger partial charge in [0, 0.05) is 13.1 Å². The third-order valence-electron chi connectivity index (χ3n) is 3.49. The molecule has 23 heavy (non-hydrogen) atoms. The quantitative estimate of drug-likeness (QED) is 0.799. The van der Waals surface area contributed by atoms with Gasteiger partial charge in [0.15, 0.2) is 0 Å². The molecule has 0 spiro atoms. The van der Waals surface area contributed by atoms with Crippen LogP contribution in [0.5, 0.6) is 0 Å². The summed E-state index contributed by atoms with van der Waals surface area (Å²) in [6.07, 6.45) is -5.80. The first kappa shape index (κ1) is 19.2.